The Morgan fingerprint density at radius 1 is 1.48 bits per heavy atom. The van der Waals surface area contributed by atoms with Gasteiger partial charge in [-0.1, -0.05) is 0 Å². The molecule has 1 rings (SSSR count). The number of alkyl halides is 2. The van der Waals surface area contributed by atoms with Gasteiger partial charge >= 0.3 is 6.09 Å². The summed E-state index contributed by atoms with van der Waals surface area (Å²) in [6, 6.07) is 0. The van der Waals surface area contributed by atoms with Crippen LogP contribution in [0.3, 0.4) is 0 Å². The van der Waals surface area contributed by atoms with Crippen molar-refractivity contribution in [3.8, 4) is 0 Å². The quantitative estimate of drug-likeness (QED) is 0.814. The molecular formula is C14H26F2N2O3. The van der Waals surface area contributed by atoms with Gasteiger partial charge < -0.3 is 20.1 Å². The molecule has 0 aromatic rings. The number of piperidine rings is 1. The van der Waals surface area contributed by atoms with E-state index in [0.29, 0.717) is 19.6 Å². The maximum Gasteiger partial charge on any atom is 0.410 e. The van der Waals surface area contributed by atoms with Crippen LogP contribution in [0.5, 0.6) is 0 Å². The fraction of sp³-hybridized carbons (Fsp3) is 0.929. The van der Waals surface area contributed by atoms with Crippen molar-refractivity contribution >= 4 is 6.09 Å². The molecule has 0 bridgehead atoms. The minimum atomic E-state index is -2.73. The number of ether oxygens (including phenoxy) is 1. The van der Waals surface area contributed by atoms with Crippen molar-refractivity contribution in [2.45, 2.75) is 51.7 Å². The topological polar surface area (TPSA) is 61.8 Å². The number of hydrogen-bond acceptors (Lipinski definition) is 4. The van der Waals surface area contributed by atoms with E-state index in [9.17, 15) is 13.6 Å². The van der Waals surface area contributed by atoms with Crippen molar-refractivity contribution < 1.29 is 23.4 Å². The Hall–Kier alpha value is -0.950. The number of halogens is 2. The maximum atomic E-state index is 12.2. The van der Waals surface area contributed by atoms with Crippen LogP contribution < -0.4 is 5.32 Å². The summed E-state index contributed by atoms with van der Waals surface area (Å²) in [4.78, 5) is 13.6. The number of hydrogen-bond donors (Lipinski definition) is 2. The number of carbonyl (C=O) groups excluding carboxylic acids is 1. The minimum Gasteiger partial charge on any atom is -0.444 e. The van der Waals surface area contributed by atoms with Crippen molar-refractivity contribution in [2.75, 3.05) is 26.2 Å². The van der Waals surface area contributed by atoms with Gasteiger partial charge in [0.15, 0.2) is 0 Å². The standard InChI is InChI=1S/C14H26F2N2O3/c1-14(2,3)21-13(20)18-6-4-5-10(9-18)7-17-8-11(19)12(15)16/h10-12,17,19H,4-9H2,1-3H3. The summed E-state index contributed by atoms with van der Waals surface area (Å²) < 4.78 is 29.6. The van der Waals surface area contributed by atoms with Crippen LogP contribution in [-0.4, -0.2) is 60.4 Å². The Kier molecular flexibility index (Phi) is 6.80. The molecule has 0 saturated carbocycles. The molecule has 1 aliphatic rings. The van der Waals surface area contributed by atoms with E-state index < -0.39 is 18.1 Å². The highest BCUT2D eigenvalue weighted by Crippen LogP contribution is 2.18. The third-order valence-electron chi connectivity index (χ3n) is 3.25. The molecule has 1 aliphatic heterocycles. The first-order chi connectivity index (χ1) is 9.69. The smallest absolute Gasteiger partial charge is 0.410 e. The molecule has 2 unspecified atom stereocenters. The second-order valence-corrected chi connectivity index (χ2v) is 6.49. The van der Waals surface area contributed by atoms with Crippen LogP contribution in [0.15, 0.2) is 0 Å². The van der Waals surface area contributed by atoms with Gasteiger partial charge in [-0.2, -0.15) is 0 Å². The van der Waals surface area contributed by atoms with E-state index in [0.717, 1.165) is 12.8 Å². The molecule has 2 N–H and O–H groups in total. The number of nitrogens with one attached hydrogen (secondary N) is 1. The zero-order valence-corrected chi connectivity index (χ0v) is 12.9. The SMILES string of the molecule is CC(C)(C)OC(=O)N1CCCC(CNCC(O)C(F)F)C1. The number of nitrogens with zero attached hydrogens (tertiary/aromatic N) is 1. The number of likely N-dealkylation sites (tertiary alicyclic amines) is 1. The molecule has 0 spiro atoms. The molecule has 2 atom stereocenters. The van der Waals surface area contributed by atoms with Gasteiger partial charge in [-0.25, -0.2) is 13.6 Å². The Morgan fingerprint density at radius 2 is 2.14 bits per heavy atom. The lowest BCUT2D eigenvalue weighted by Gasteiger charge is -2.34. The maximum absolute atomic E-state index is 12.2. The highest BCUT2D eigenvalue weighted by atomic mass is 19.3. The average Bonchev–Trinajstić information content (AvgIpc) is 2.36. The number of rotatable bonds is 5. The first-order valence-corrected chi connectivity index (χ1v) is 7.34. The normalized spacial score (nSPS) is 21.5. The summed E-state index contributed by atoms with van der Waals surface area (Å²) in [5, 5.41) is 11.9. The van der Waals surface area contributed by atoms with Gasteiger partial charge in [0.1, 0.15) is 11.7 Å². The fourth-order valence-corrected chi connectivity index (χ4v) is 2.25. The summed E-state index contributed by atoms with van der Waals surface area (Å²) in [7, 11) is 0. The Balaban J connectivity index is 2.33. The van der Waals surface area contributed by atoms with Gasteiger partial charge in [-0.3, -0.25) is 0 Å². The van der Waals surface area contributed by atoms with Crippen LogP contribution in [0, 0.1) is 5.92 Å². The lowest BCUT2D eigenvalue weighted by atomic mass is 9.98. The molecule has 1 saturated heterocycles. The molecule has 0 aromatic heterocycles. The van der Waals surface area contributed by atoms with E-state index >= 15 is 0 Å². The first kappa shape index (κ1) is 18.1. The Labute approximate surface area is 124 Å². The average molecular weight is 308 g/mol. The highest BCUT2D eigenvalue weighted by Gasteiger charge is 2.27. The largest absolute Gasteiger partial charge is 0.444 e. The van der Waals surface area contributed by atoms with Crippen LogP contribution in [0.2, 0.25) is 0 Å². The Morgan fingerprint density at radius 3 is 2.71 bits per heavy atom. The van der Waals surface area contributed by atoms with Crippen LogP contribution in [-0.2, 0) is 4.74 Å². The monoisotopic (exact) mass is 308 g/mol. The van der Waals surface area contributed by atoms with Crippen molar-refractivity contribution in [3.05, 3.63) is 0 Å². The van der Waals surface area contributed by atoms with Gasteiger partial charge in [0.25, 0.3) is 6.43 Å². The van der Waals surface area contributed by atoms with Crippen molar-refractivity contribution in [1.82, 2.24) is 10.2 Å². The highest BCUT2D eigenvalue weighted by molar-refractivity contribution is 5.68. The van der Waals surface area contributed by atoms with E-state index in [4.69, 9.17) is 9.84 Å². The molecule has 1 amide bonds. The van der Waals surface area contributed by atoms with E-state index in [-0.39, 0.29) is 18.6 Å². The van der Waals surface area contributed by atoms with Gasteiger partial charge in [0, 0.05) is 19.6 Å². The van der Waals surface area contributed by atoms with Gasteiger partial charge in [0.05, 0.1) is 0 Å². The van der Waals surface area contributed by atoms with E-state index in [1.165, 1.54) is 0 Å². The van der Waals surface area contributed by atoms with E-state index in [2.05, 4.69) is 5.32 Å². The molecule has 7 heteroatoms. The summed E-state index contributed by atoms with van der Waals surface area (Å²) >= 11 is 0. The summed E-state index contributed by atoms with van der Waals surface area (Å²) in [5.41, 5.74) is -0.524. The minimum absolute atomic E-state index is 0.138. The molecular weight excluding hydrogens is 282 g/mol. The van der Waals surface area contributed by atoms with Crippen LogP contribution in [0.1, 0.15) is 33.6 Å². The molecule has 1 fully saturated rings. The van der Waals surface area contributed by atoms with Gasteiger partial charge in [-0.15, -0.1) is 0 Å². The zero-order chi connectivity index (χ0) is 16.0. The number of carbonyl (C=O) groups is 1. The van der Waals surface area contributed by atoms with Gasteiger partial charge in [-0.05, 0) is 46.1 Å². The fourth-order valence-electron chi connectivity index (χ4n) is 2.25. The van der Waals surface area contributed by atoms with Crippen molar-refractivity contribution in [3.63, 3.8) is 0 Å². The second-order valence-electron chi connectivity index (χ2n) is 6.49. The lowest BCUT2D eigenvalue weighted by molar-refractivity contribution is -0.00456. The third kappa shape index (κ3) is 7.04. The van der Waals surface area contributed by atoms with Crippen molar-refractivity contribution in [2.24, 2.45) is 5.92 Å². The van der Waals surface area contributed by atoms with Crippen LogP contribution in [0.4, 0.5) is 13.6 Å². The molecule has 5 nitrogen and oxygen atoms in total. The van der Waals surface area contributed by atoms with E-state index in [1.54, 1.807) is 4.90 Å². The summed E-state index contributed by atoms with van der Waals surface area (Å²) in [6.45, 7) is 7.03. The molecule has 0 aromatic carbocycles. The zero-order valence-electron chi connectivity index (χ0n) is 12.9. The predicted octanol–water partition coefficient (Wildman–Crippen LogP) is 1.85. The number of amides is 1. The number of aliphatic hydroxyl groups excluding tert-OH is 1. The molecule has 0 aliphatic carbocycles. The second kappa shape index (κ2) is 7.89. The predicted molar refractivity (Wildman–Crippen MR) is 75.4 cm³/mol. The van der Waals surface area contributed by atoms with Gasteiger partial charge in [0.2, 0.25) is 0 Å². The van der Waals surface area contributed by atoms with E-state index in [1.807, 2.05) is 20.8 Å². The van der Waals surface area contributed by atoms with Crippen molar-refractivity contribution in [1.29, 1.82) is 0 Å². The molecule has 21 heavy (non-hydrogen) atoms. The third-order valence-corrected chi connectivity index (χ3v) is 3.25. The van der Waals surface area contributed by atoms with Crippen LogP contribution >= 0.6 is 0 Å². The Bertz CT molecular complexity index is 335. The number of aliphatic hydroxyl groups is 1. The van der Waals surface area contributed by atoms with Crippen LogP contribution in [0.25, 0.3) is 0 Å². The lowest BCUT2D eigenvalue weighted by Crippen LogP contribution is -2.45. The first-order valence-electron chi connectivity index (χ1n) is 7.34. The molecule has 0 radical (unpaired) electrons. The molecule has 1 heterocycles. The molecule has 124 valence electrons. The summed E-state index contributed by atoms with van der Waals surface area (Å²) in [6.07, 6.45) is -2.92. The summed E-state index contributed by atoms with van der Waals surface area (Å²) in [5.74, 6) is 0.191.